The Kier molecular flexibility index (Phi) is 3.41. The third-order valence-corrected chi connectivity index (χ3v) is 5.04. The minimum absolute atomic E-state index is 0.567. The normalized spacial score (nSPS) is 30.5. The van der Waals surface area contributed by atoms with Gasteiger partial charge >= 0.3 is 0 Å². The average molecular weight is 342 g/mol. The van der Waals surface area contributed by atoms with Crippen LogP contribution < -0.4 is 5.32 Å². The van der Waals surface area contributed by atoms with Crippen LogP contribution in [0.1, 0.15) is 18.5 Å². The van der Waals surface area contributed by atoms with E-state index in [0.717, 1.165) is 11.8 Å². The lowest BCUT2D eigenvalue weighted by molar-refractivity contribution is 0.244. The van der Waals surface area contributed by atoms with Gasteiger partial charge < -0.3 is 5.32 Å². The summed E-state index contributed by atoms with van der Waals surface area (Å²) in [6.07, 6.45) is 0. The summed E-state index contributed by atoms with van der Waals surface area (Å²) in [7, 11) is 0. The van der Waals surface area contributed by atoms with E-state index in [9.17, 15) is 0 Å². The maximum absolute atomic E-state index is 3.50. The highest BCUT2D eigenvalue weighted by atomic mass is 127. The van der Waals surface area contributed by atoms with Gasteiger partial charge in [-0.25, -0.2) is 0 Å². The third-order valence-electron chi connectivity index (χ3n) is 4.32. The molecule has 2 aliphatic heterocycles. The van der Waals surface area contributed by atoms with Crippen LogP contribution in [0.4, 0.5) is 0 Å². The van der Waals surface area contributed by atoms with Gasteiger partial charge in [0, 0.05) is 22.7 Å². The number of rotatable bonds is 2. The van der Waals surface area contributed by atoms with Crippen molar-refractivity contribution in [3.05, 3.63) is 33.4 Å². The zero-order chi connectivity index (χ0) is 11.8. The molecule has 0 spiro atoms. The predicted octanol–water partition coefficient (Wildman–Crippen LogP) is 2.50. The van der Waals surface area contributed by atoms with Crippen LogP contribution in [0, 0.1) is 15.4 Å². The lowest BCUT2D eigenvalue weighted by atomic mass is 10.0. The molecule has 0 amide bonds. The molecule has 1 N–H and O–H groups in total. The molecular weight excluding hydrogens is 323 g/mol. The molecule has 3 rings (SSSR count). The van der Waals surface area contributed by atoms with Crippen LogP contribution in [-0.2, 0) is 0 Å². The van der Waals surface area contributed by atoms with Gasteiger partial charge in [-0.3, -0.25) is 4.90 Å². The number of benzene rings is 1. The molecule has 2 nitrogen and oxygen atoms in total. The number of hydrogen-bond donors (Lipinski definition) is 1. The van der Waals surface area contributed by atoms with Crippen molar-refractivity contribution in [3.8, 4) is 0 Å². The van der Waals surface area contributed by atoms with Crippen molar-refractivity contribution >= 4 is 22.6 Å². The van der Waals surface area contributed by atoms with E-state index < -0.39 is 0 Å². The SMILES string of the molecule is CC(c1ccc(I)cc1)N1C[C@H]2CNC[C@H]2C1. The molecule has 0 aromatic heterocycles. The highest BCUT2D eigenvalue weighted by Crippen LogP contribution is 2.32. The molecule has 3 heteroatoms. The average Bonchev–Trinajstić information content (AvgIpc) is 2.89. The van der Waals surface area contributed by atoms with E-state index in [1.807, 2.05) is 0 Å². The summed E-state index contributed by atoms with van der Waals surface area (Å²) in [6, 6.07) is 9.55. The molecule has 0 saturated carbocycles. The van der Waals surface area contributed by atoms with Gasteiger partial charge in [0.1, 0.15) is 0 Å². The second kappa shape index (κ2) is 4.86. The second-order valence-corrected chi connectivity index (χ2v) is 6.61. The largest absolute Gasteiger partial charge is 0.316 e. The highest BCUT2D eigenvalue weighted by Gasteiger charge is 2.37. The third kappa shape index (κ3) is 2.37. The van der Waals surface area contributed by atoms with Crippen LogP contribution in [0.25, 0.3) is 0 Å². The van der Waals surface area contributed by atoms with Crippen molar-refractivity contribution in [2.45, 2.75) is 13.0 Å². The fourth-order valence-electron chi connectivity index (χ4n) is 3.16. The molecule has 0 radical (unpaired) electrons. The molecule has 2 heterocycles. The summed E-state index contributed by atoms with van der Waals surface area (Å²) in [4.78, 5) is 2.65. The maximum atomic E-state index is 3.50. The van der Waals surface area contributed by atoms with E-state index in [1.165, 1.54) is 35.3 Å². The molecule has 0 aliphatic carbocycles. The topological polar surface area (TPSA) is 15.3 Å². The van der Waals surface area contributed by atoms with Crippen LogP contribution in [0.15, 0.2) is 24.3 Å². The van der Waals surface area contributed by atoms with Gasteiger partial charge in [-0.2, -0.15) is 0 Å². The summed E-state index contributed by atoms with van der Waals surface area (Å²) >= 11 is 2.37. The molecule has 3 atom stereocenters. The molecule has 1 aromatic carbocycles. The first-order valence-electron chi connectivity index (χ1n) is 6.44. The fourth-order valence-corrected chi connectivity index (χ4v) is 3.52. The Hall–Kier alpha value is -0.130. The second-order valence-electron chi connectivity index (χ2n) is 5.36. The minimum atomic E-state index is 0.567. The van der Waals surface area contributed by atoms with Crippen LogP contribution in [-0.4, -0.2) is 31.1 Å². The number of fused-ring (bicyclic) bond motifs is 1. The van der Waals surface area contributed by atoms with Crippen molar-refractivity contribution in [2.24, 2.45) is 11.8 Å². The smallest absolute Gasteiger partial charge is 0.0320 e. The molecule has 2 saturated heterocycles. The first kappa shape index (κ1) is 11.9. The van der Waals surface area contributed by atoms with Crippen molar-refractivity contribution in [2.75, 3.05) is 26.2 Å². The van der Waals surface area contributed by atoms with Crippen molar-refractivity contribution < 1.29 is 0 Å². The quantitative estimate of drug-likeness (QED) is 0.831. The van der Waals surface area contributed by atoms with Crippen LogP contribution in [0.3, 0.4) is 0 Å². The van der Waals surface area contributed by atoms with Crippen molar-refractivity contribution in [1.29, 1.82) is 0 Å². The Bertz CT molecular complexity index is 378. The van der Waals surface area contributed by atoms with Crippen molar-refractivity contribution in [1.82, 2.24) is 10.2 Å². The zero-order valence-corrected chi connectivity index (χ0v) is 12.4. The van der Waals surface area contributed by atoms with Gasteiger partial charge in [-0.05, 0) is 72.1 Å². The van der Waals surface area contributed by atoms with Gasteiger partial charge in [0.05, 0.1) is 0 Å². The number of nitrogens with zero attached hydrogens (tertiary/aromatic N) is 1. The fraction of sp³-hybridized carbons (Fsp3) is 0.571. The number of halogens is 1. The van der Waals surface area contributed by atoms with E-state index in [-0.39, 0.29) is 0 Å². The summed E-state index contributed by atoms with van der Waals surface area (Å²) in [5.74, 6) is 1.78. The number of hydrogen-bond acceptors (Lipinski definition) is 2. The van der Waals surface area contributed by atoms with Gasteiger partial charge in [0.25, 0.3) is 0 Å². The molecule has 1 aromatic rings. The monoisotopic (exact) mass is 342 g/mol. The molecule has 2 fully saturated rings. The summed E-state index contributed by atoms with van der Waals surface area (Å²) in [6.45, 7) is 7.33. The van der Waals surface area contributed by atoms with Gasteiger partial charge in [-0.15, -0.1) is 0 Å². The highest BCUT2D eigenvalue weighted by molar-refractivity contribution is 14.1. The lowest BCUT2D eigenvalue weighted by Crippen LogP contribution is -2.28. The first-order valence-corrected chi connectivity index (χ1v) is 7.52. The Morgan fingerprint density at radius 1 is 1.18 bits per heavy atom. The Balaban J connectivity index is 1.70. The van der Waals surface area contributed by atoms with Crippen molar-refractivity contribution in [3.63, 3.8) is 0 Å². The van der Waals surface area contributed by atoms with E-state index in [1.54, 1.807) is 0 Å². The van der Waals surface area contributed by atoms with Crippen LogP contribution in [0.2, 0.25) is 0 Å². The number of nitrogens with one attached hydrogen (secondary N) is 1. The lowest BCUT2D eigenvalue weighted by Gasteiger charge is -2.25. The van der Waals surface area contributed by atoms with Gasteiger partial charge in [0.15, 0.2) is 0 Å². The van der Waals surface area contributed by atoms with E-state index in [0.29, 0.717) is 6.04 Å². The Labute approximate surface area is 117 Å². The van der Waals surface area contributed by atoms with Crippen LogP contribution in [0.5, 0.6) is 0 Å². The molecule has 0 bridgehead atoms. The van der Waals surface area contributed by atoms with Gasteiger partial charge in [0.2, 0.25) is 0 Å². The Morgan fingerprint density at radius 3 is 2.35 bits per heavy atom. The molecule has 2 aliphatic rings. The Morgan fingerprint density at radius 2 is 1.76 bits per heavy atom. The van der Waals surface area contributed by atoms with E-state index in [2.05, 4.69) is 64.0 Å². The minimum Gasteiger partial charge on any atom is -0.316 e. The van der Waals surface area contributed by atoms with E-state index >= 15 is 0 Å². The number of likely N-dealkylation sites (tertiary alicyclic amines) is 1. The molecule has 17 heavy (non-hydrogen) atoms. The predicted molar refractivity (Wildman–Crippen MR) is 79.0 cm³/mol. The van der Waals surface area contributed by atoms with E-state index in [4.69, 9.17) is 0 Å². The summed E-state index contributed by atoms with van der Waals surface area (Å²) in [5.41, 5.74) is 1.46. The molecule has 92 valence electrons. The first-order chi connectivity index (χ1) is 8.24. The summed E-state index contributed by atoms with van der Waals surface area (Å²) < 4.78 is 1.32. The molecule has 1 unspecified atom stereocenters. The maximum Gasteiger partial charge on any atom is 0.0320 e. The summed E-state index contributed by atoms with van der Waals surface area (Å²) in [5, 5.41) is 3.50. The van der Waals surface area contributed by atoms with Gasteiger partial charge in [-0.1, -0.05) is 12.1 Å². The van der Waals surface area contributed by atoms with Crippen LogP contribution >= 0.6 is 22.6 Å². The zero-order valence-electron chi connectivity index (χ0n) is 10.2. The molecular formula is C14H19IN2. The standard InChI is InChI=1S/C14H19IN2/c1-10(11-2-4-14(15)5-3-11)17-8-12-6-16-7-13(12)9-17/h2-5,10,12-13,16H,6-9H2,1H3/t10?,12-,13+.